The number of aromatic nitrogens is 2. The number of carbonyl (C=O) groups excluding carboxylic acids is 1. The smallest absolute Gasteiger partial charge is 0.168 e. The van der Waals surface area contributed by atoms with Crippen molar-refractivity contribution in [2.24, 2.45) is 7.05 Å². The molecule has 21 heavy (non-hydrogen) atoms. The molecule has 0 N–H and O–H groups in total. The molecular weight excluding hydrogens is 304 g/mol. The van der Waals surface area contributed by atoms with E-state index in [9.17, 15) is 4.79 Å². The van der Waals surface area contributed by atoms with Gasteiger partial charge in [0.2, 0.25) is 0 Å². The Kier molecular flexibility index (Phi) is 4.09. The number of hydrogen-bond donors (Lipinski definition) is 0. The minimum absolute atomic E-state index is 0.295. The molecule has 1 heterocycles. The normalized spacial score (nSPS) is 16.5. The van der Waals surface area contributed by atoms with Crippen molar-refractivity contribution in [3.63, 3.8) is 0 Å². The van der Waals surface area contributed by atoms with E-state index in [0.29, 0.717) is 16.6 Å². The summed E-state index contributed by atoms with van der Waals surface area (Å²) in [4.78, 5) is 17.0. The number of carbonyl (C=O) groups is 1. The minimum Gasteiger partial charge on any atom is -0.329 e. The van der Waals surface area contributed by atoms with Crippen molar-refractivity contribution in [1.29, 1.82) is 0 Å². The Morgan fingerprint density at radius 3 is 2.62 bits per heavy atom. The van der Waals surface area contributed by atoms with Crippen molar-refractivity contribution in [1.82, 2.24) is 9.55 Å². The fourth-order valence-corrected chi connectivity index (χ4v) is 3.85. The van der Waals surface area contributed by atoms with E-state index in [4.69, 9.17) is 11.6 Å². The van der Waals surface area contributed by atoms with E-state index in [1.807, 2.05) is 42.1 Å². The number of Topliss-reactive ketones (excluding diaryl/α,β-unsaturated/α-hetero) is 1. The number of ketones is 1. The number of imidazole rings is 1. The fourth-order valence-electron chi connectivity index (χ4n) is 2.79. The maximum atomic E-state index is 12.7. The van der Waals surface area contributed by atoms with Crippen LogP contribution in [-0.2, 0) is 17.3 Å². The van der Waals surface area contributed by atoms with Gasteiger partial charge in [0.15, 0.2) is 10.9 Å². The van der Waals surface area contributed by atoms with Gasteiger partial charge in [0.1, 0.15) is 0 Å². The Morgan fingerprint density at radius 1 is 1.38 bits per heavy atom. The Bertz CT molecular complexity index is 647. The van der Waals surface area contributed by atoms with Crippen LogP contribution in [0.3, 0.4) is 0 Å². The van der Waals surface area contributed by atoms with E-state index in [1.54, 1.807) is 6.20 Å². The number of halogens is 1. The highest BCUT2D eigenvalue weighted by Crippen LogP contribution is 2.45. The number of aryl methyl sites for hydroxylation is 1. The Labute approximate surface area is 133 Å². The zero-order valence-corrected chi connectivity index (χ0v) is 13.5. The van der Waals surface area contributed by atoms with Crippen LogP contribution < -0.4 is 0 Å². The van der Waals surface area contributed by atoms with E-state index in [1.165, 1.54) is 11.8 Å². The largest absolute Gasteiger partial charge is 0.329 e. The Morgan fingerprint density at radius 2 is 2.10 bits per heavy atom. The predicted octanol–water partition coefficient (Wildman–Crippen LogP) is 3.86. The summed E-state index contributed by atoms with van der Waals surface area (Å²) in [7, 11) is 1.94. The number of hydrogen-bond acceptors (Lipinski definition) is 3. The molecule has 0 aliphatic heterocycles. The number of rotatable bonds is 5. The van der Waals surface area contributed by atoms with Crippen LogP contribution in [0.4, 0.5) is 0 Å². The summed E-state index contributed by atoms with van der Waals surface area (Å²) in [6, 6.07) is 7.72. The molecule has 3 nitrogen and oxygen atoms in total. The van der Waals surface area contributed by atoms with Gasteiger partial charge in [-0.2, -0.15) is 0 Å². The molecule has 5 heteroatoms. The van der Waals surface area contributed by atoms with Gasteiger partial charge in [0.25, 0.3) is 0 Å². The number of benzene rings is 1. The molecule has 110 valence electrons. The SMILES string of the molecule is Cn1ccnc1SCC(=O)C1(c2ccc(Cl)cc2)CCC1. The van der Waals surface area contributed by atoms with Crippen molar-refractivity contribution in [2.45, 2.75) is 29.8 Å². The van der Waals surface area contributed by atoms with Gasteiger partial charge in [-0.25, -0.2) is 4.98 Å². The lowest BCUT2D eigenvalue weighted by Gasteiger charge is -2.41. The first-order valence-electron chi connectivity index (χ1n) is 7.01. The molecule has 0 radical (unpaired) electrons. The van der Waals surface area contributed by atoms with Crippen LogP contribution in [0.5, 0.6) is 0 Å². The molecule has 1 fully saturated rings. The van der Waals surface area contributed by atoms with Gasteiger partial charge in [-0.05, 0) is 30.5 Å². The molecule has 1 aromatic carbocycles. The average molecular weight is 321 g/mol. The molecule has 0 spiro atoms. The molecule has 1 saturated carbocycles. The quantitative estimate of drug-likeness (QED) is 0.785. The predicted molar refractivity (Wildman–Crippen MR) is 85.9 cm³/mol. The van der Waals surface area contributed by atoms with E-state index < -0.39 is 0 Å². The van der Waals surface area contributed by atoms with Gasteiger partial charge in [0.05, 0.1) is 11.2 Å². The third-order valence-electron chi connectivity index (χ3n) is 4.25. The second-order valence-corrected chi connectivity index (χ2v) is 6.85. The van der Waals surface area contributed by atoms with Crippen LogP contribution in [0.25, 0.3) is 0 Å². The number of thioether (sulfide) groups is 1. The van der Waals surface area contributed by atoms with Crippen LogP contribution in [0.2, 0.25) is 5.02 Å². The molecule has 0 saturated heterocycles. The van der Waals surface area contributed by atoms with Crippen molar-refractivity contribution in [2.75, 3.05) is 5.75 Å². The van der Waals surface area contributed by atoms with E-state index >= 15 is 0 Å². The molecule has 1 aromatic heterocycles. The summed E-state index contributed by atoms with van der Waals surface area (Å²) in [6.07, 6.45) is 6.64. The summed E-state index contributed by atoms with van der Waals surface area (Å²) in [5, 5.41) is 1.59. The van der Waals surface area contributed by atoms with Crippen LogP contribution in [0.15, 0.2) is 41.8 Å². The topological polar surface area (TPSA) is 34.9 Å². The lowest BCUT2D eigenvalue weighted by molar-refractivity contribution is -0.125. The highest BCUT2D eigenvalue weighted by atomic mass is 35.5. The summed E-state index contributed by atoms with van der Waals surface area (Å²) < 4.78 is 1.94. The zero-order valence-electron chi connectivity index (χ0n) is 11.9. The molecule has 2 aromatic rings. The van der Waals surface area contributed by atoms with Gasteiger partial charge in [-0.3, -0.25) is 4.79 Å². The van der Waals surface area contributed by atoms with Crippen LogP contribution in [0.1, 0.15) is 24.8 Å². The molecule has 0 unspecified atom stereocenters. The van der Waals surface area contributed by atoms with Gasteiger partial charge in [0, 0.05) is 24.5 Å². The molecule has 0 bridgehead atoms. The fraction of sp³-hybridized carbons (Fsp3) is 0.375. The average Bonchev–Trinajstić information content (AvgIpc) is 2.83. The number of nitrogens with zero attached hydrogens (tertiary/aromatic N) is 2. The summed E-state index contributed by atoms with van der Waals surface area (Å²) >= 11 is 7.46. The van der Waals surface area contributed by atoms with Crippen molar-refractivity contribution < 1.29 is 4.79 Å². The van der Waals surface area contributed by atoms with Gasteiger partial charge in [-0.1, -0.05) is 41.9 Å². The standard InChI is InChI=1S/C16H17ClN2OS/c1-19-10-9-18-15(19)21-11-14(20)16(7-2-8-16)12-3-5-13(17)6-4-12/h3-6,9-10H,2,7-8,11H2,1H3. The maximum absolute atomic E-state index is 12.7. The first kappa shape index (κ1) is 14.7. The van der Waals surface area contributed by atoms with Crippen molar-refractivity contribution in [3.8, 4) is 0 Å². The molecule has 0 atom stereocenters. The first-order valence-corrected chi connectivity index (χ1v) is 8.38. The molecule has 0 amide bonds. The maximum Gasteiger partial charge on any atom is 0.168 e. The summed E-state index contributed by atoms with van der Waals surface area (Å²) in [5.41, 5.74) is 0.798. The van der Waals surface area contributed by atoms with Crippen molar-refractivity contribution in [3.05, 3.63) is 47.2 Å². The lowest BCUT2D eigenvalue weighted by atomic mass is 9.62. The summed E-state index contributed by atoms with van der Waals surface area (Å²) in [6.45, 7) is 0. The lowest BCUT2D eigenvalue weighted by Crippen LogP contribution is -2.43. The highest BCUT2D eigenvalue weighted by Gasteiger charge is 2.44. The second-order valence-electron chi connectivity index (χ2n) is 5.48. The molecule has 3 rings (SSSR count). The third kappa shape index (κ3) is 2.74. The second kappa shape index (κ2) is 5.85. The molecule has 1 aliphatic carbocycles. The van der Waals surface area contributed by atoms with Gasteiger partial charge >= 0.3 is 0 Å². The van der Waals surface area contributed by atoms with Crippen molar-refractivity contribution >= 4 is 29.1 Å². The minimum atomic E-state index is -0.303. The van der Waals surface area contributed by atoms with Crippen LogP contribution in [0, 0.1) is 0 Å². The first-order chi connectivity index (χ1) is 10.1. The highest BCUT2D eigenvalue weighted by molar-refractivity contribution is 7.99. The van der Waals surface area contributed by atoms with Gasteiger partial charge in [-0.15, -0.1) is 0 Å². The van der Waals surface area contributed by atoms with Gasteiger partial charge < -0.3 is 4.57 Å². The molecular formula is C16H17ClN2OS. The Balaban J connectivity index is 1.75. The van der Waals surface area contributed by atoms with E-state index in [2.05, 4.69) is 4.98 Å². The van der Waals surface area contributed by atoms with Crippen LogP contribution in [-0.4, -0.2) is 21.1 Å². The summed E-state index contributed by atoms with van der Waals surface area (Å²) in [5.74, 6) is 0.761. The Hall–Kier alpha value is -1.26. The van der Waals surface area contributed by atoms with Crippen LogP contribution >= 0.6 is 23.4 Å². The monoisotopic (exact) mass is 320 g/mol. The molecule has 1 aliphatic rings. The third-order valence-corrected chi connectivity index (χ3v) is 5.56. The van der Waals surface area contributed by atoms with E-state index in [-0.39, 0.29) is 5.41 Å². The zero-order chi connectivity index (χ0) is 14.9. The van der Waals surface area contributed by atoms with E-state index in [0.717, 1.165) is 30.0 Å².